The van der Waals surface area contributed by atoms with E-state index in [2.05, 4.69) is 27.2 Å². The van der Waals surface area contributed by atoms with Crippen LogP contribution in [0.1, 0.15) is 27.3 Å². The van der Waals surface area contributed by atoms with Gasteiger partial charge in [-0.3, -0.25) is 14.4 Å². The van der Waals surface area contributed by atoms with E-state index in [0.29, 0.717) is 17.9 Å². The van der Waals surface area contributed by atoms with Gasteiger partial charge in [-0.15, -0.1) is 0 Å². The van der Waals surface area contributed by atoms with Crippen molar-refractivity contribution in [3.8, 4) is 11.8 Å². The van der Waals surface area contributed by atoms with Crippen molar-refractivity contribution < 1.29 is 14.6 Å². The molecule has 1 aliphatic heterocycles. The molecule has 0 unspecified atom stereocenters. The first-order valence-electron chi connectivity index (χ1n) is 9.00. The molecule has 1 fully saturated rings. The van der Waals surface area contributed by atoms with Crippen LogP contribution in [-0.2, 0) is 18.4 Å². The Kier molecular flexibility index (Phi) is 6.60. The first-order valence-corrected chi connectivity index (χ1v) is 9.00. The van der Waals surface area contributed by atoms with Crippen LogP contribution in [-0.4, -0.2) is 65.1 Å². The molecule has 2 heterocycles. The molecular weight excluding hydrogens is 344 g/mol. The lowest BCUT2D eigenvalue weighted by molar-refractivity contribution is 0.0383. The van der Waals surface area contributed by atoms with Crippen LogP contribution in [0.2, 0.25) is 0 Å². The molecular formula is C20H24N4O3. The van der Waals surface area contributed by atoms with Gasteiger partial charge in [0.15, 0.2) is 5.69 Å². The highest BCUT2D eigenvalue weighted by Crippen LogP contribution is 2.08. The van der Waals surface area contributed by atoms with E-state index in [1.54, 1.807) is 17.8 Å². The Balaban J connectivity index is 1.60. The van der Waals surface area contributed by atoms with Crippen LogP contribution in [0.5, 0.6) is 0 Å². The molecule has 2 aromatic rings. The Morgan fingerprint density at radius 2 is 2.07 bits per heavy atom. The number of aliphatic hydroxyl groups excluding tert-OH is 1. The number of aromatic nitrogens is 2. The van der Waals surface area contributed by atoms with Gasteiger partial charge in [0.2, 0.25) is 0 Å². The summed E-state index contributed by atoms with van der Waals surface area (Å²) in [4.78, 5) is 14.6. The zero-order valence-corrected chi connectivity index (χ0v) is 15.4. The summed E-state index contributed by atoms with van der Waals surface area (Å²) in [5, 5.41) is 16.5. The van der Waals surface area contributed by atoms with Gasteiger partial charge in [-0.05, 0) is 17.6 Å². The number of carbonyl (C=O) groups excluding carboxylic acids is 1. The number of rotatable bonds is 5. The highest BCUT2D eigenvalue weighted by atomic mass is 16.5. The maximum Gasteiger partial charge on any atom is 0.271 e. The van der Waals surface area contributed by atoms with E-state index in [9.17, 15) is 9.90 Å². The number of aliphatic hydroxyl groups is 1. The lowest BCUT2D eigenvalue weighted by Gasteiger charge is -2.26. The molecule has 1 aromatic heterocycles. The molecule has 3 rings (SSSR count). The summed E-state index contributed by atoms with van der Waals surface area (Å²) in [5.41, 5.74) is 2.52. The Hall–Kier alpha value is -2.66. The monoisotopic (exact) mass is 368 g/mol. The van der Waals surface area contributed by atoms with E-state index < -0.39 is 0 Å². The Labute approximate surface area is 158 Å². The third-order valence-electron chi connectivity index (χ3n) is 4.44. The summed E-state index contributed by atoms with van der Waals surface area (Å²) in [7, 11) is 1.76. The van der Waals surface area contributed by atoms with Crippen molar-refractivity contribution in [1.82, 2.24) is 20.0 Å². The molecule has 0 spiro atoms. The van der Waals surface area contributed by atoms with E-state index in [-0.39, 0.29) is 12.5 Å². The largest absolute Gasteiger partial charge is 0.392 e. The van der Waals surface area contributed by atoms with Gasteiger partial charge in [-0.2, -0.15) is 5.10 Å². The smallest absolute Gasteiger partial charge is 0.271 e. The van der Waals surface area contributed by atoms with Crippen LogP contribution < -0.4 is 5.32 Å². The summed E-state index contributed by atoms with van der Waals surface area (Å²) in [5.74, 6) is 5.86. The molecule has 142 valence electrons. The number of aryl methyl sites for hydroxylation is 1. The molecule has 0 bridgehead atoms. The van der Waals surface area contributed by atoms with Crippen molar-refractivity contribution in [1.29, 1.82) is 0 Å². The van der Waals surface area contributed by atoms with Crippen LogP contribution in [0.25, 0.3) is 0 Å². The normalized spacial score (nSPS) is 14.4. The number of benzene rings is 1. The molecule has 1 aliphatic rings. The van der Waals surface area contributed by atoms with Crippen LogP contribution in [0.3, 0.4) is 0 Å². The van der Waals surface area contributed by atoms with Crippen molar-refractivity contribution >= 4 is 5.91 Å². The standard InChI is InChI=1S/C20H24N4O3/c1-23-18(7-6-16-4-2-3-5-17(16)15-25)14-19(22-23)20(26)21-8-9-24-10-12-27-13-11-24/h2-5,14,25H,8-13,15H2,1H3,(H,21,26). The minimum Gasteiger partial charge on any atom is -0.392 e. The maximum absolute atomic E-state index is 12.3. The molecule has 7 heteroatoms. The first kappa shape index (κ1) is 19.1. The van der Waals surface area contributed by atoms with E-state index in [1.807, 2.05) is 24.3 Å². The maximum atomic E-state index is 12.3. The molecule has 7 nitrogen and oxygen atoms in total. The average molecular weight is 368 g/mol. The topological polar surface area (TPSA) is 79.6 Å². The number of nitrogens with zero attached hydrogens (tertiary/aromatic N) is 3. The van der Waals surface area contributed by atoms with E-state index in [0.717, 1.165) is 44.0 Å². The zero-order chi connectivity index (χ0) is 19.1. The van der Waals surface area contributed by atoms with Crippen molar-refractivity contribution in [3.63, 3.8) is 0 Å². The fourth-order valence-electron chi connectivity index (χ4n) is 2.85. The molecule has 1 amide bonds. The number of nitrogens with one attached hydrogen (secondary N) is 1. The molecule has 0 saturated carbocycles. The molecule has 0 atom stereocenters. The molecule has 2 N–H and O–H groups in total. The van der Waals surface area contributed by atoms with E-state index in [1.165, 1.54) is 0 Å². The third-order valence-corrected chi connectivity index (χ3v) is 4.44. The van der Waals surface area contributed by atoms with Gasteiger partial charge in [0.05, 0.1) is 19.8 Å². The van der Waals surface area contributed by atoms with Gasteiger partial charge in [0.25, 0.3) is 5.91 Å². The quantitative estimate of drug-likeness (QED) is 0.746. The minimum absolute atomic E-state index is 0.0625. The lowest BCUT2D eigenvalue weighted by Crippen LogP contribution is -2.41. The Bertz CT molecular complexity index is 844. The van der Waals surface area contributed by atoms with Gasteiger partial charge in [0.1, 0.15) is 5.69 Å². The second-order valence-electron chi connectivity index (χ2n) is 6.31. The number of carbonyl (C=O) groups is 1. The van der Waals surface area contributed by atoms with Gasteiger partial charge in [-0.1, -0.05) is 24.1 Å². The molecule has 0 radical (unpaired) electrons. The Morgan fingerprint density at radius 1 is 1.30 bits per heavy atom. The van der Waals surface area contributed by atoms with Crippen molar-refractivity contribution in [2.75, 3.05) is 39.4 Å². The van der Waals surface area contributed by atoms with Gasteiger partial charge < -0.3 is 15.2 Å². The second kappa shape index (κ2) is 9.33. The van der Waals surface area contributed by atoms with Crippen LogP contribution in [0.15, 0.2) is 30.3 Å². The van der Waals surface area contributed by atoms with Crippen LogP contribution >= 0.6 is 0 Å². The fraction of sp³-hybridized carbons (Fsp3) is 0.400. The summed E-state index contributed by atoms with van der Waals surface area (Å²) >= 11 is 0. The fourth-order valence-corrected chi connectivity index (χ4v) is 2.85. The highest BCUT2D eigenvalue weighted by molar-refractivity contribution is 5.92. The molecule has 1 saturated heterocycles. The number of hydrogen-bond donors (Lipinski definition) is 2. The molecule has 27 heavy (non-hydrogen) atoms. The second-order valence-corrected chi connectivity index (χ2v) is 6.31. The van der Waals surface area contributed by atoms with E-state index >= 15 is 0 Å². The molecule has 0 aliphatic carbocycles. The summed E-state index contributed by atoms with van der Waals surface area (Å²) in [6, 6.07) is 9.10. The highest BCUT2D eigenvalue weighted by Gasteiger charge is 2.13. The van der Waals surface area contributed by atoms with Crippen LogP contribution in [0, 0.1) is 11.8 Å². The lowest BCUT2D eigenvalue weighted by atomic mass is 10.1. The van der Waals surface area contributed by atoms with Gasteiger partial charge >= 0.3 is 0 Å². The van der Waals surface area contributed by atoms with Crippen molar-refractivity contribution in [3.05, 3.63) is 52.8 Å². The predicted octanol–water partition coefficient (Wildman–Crippen LogP) is 0.374. The summed E-state index contributed by atoms with van der Waals surface area (Å²) in [6.07, 6.45) is 0. The molecule has 1 aromatic carbocycles. The van der Waals surface area contributed by atoms with E-state index in [4.69, 9.17) is 4.74 Å². The summed E-state index contributed by atoms with van der Waals surface area (Å²) in [6.45, 7) is 4.59. The average Bonchev–Trinajstić information content (AvgIpc) is 3.08. The Morgan fingerprint density at radius 3 is 2.85 bits per heavy atom. The number of hydrogen-bond acceptors (Lipinski definition) is 5. The van der Waals surface area contributed by atoms with Gasteiger partial charge in [0, 0.05) is 44.9 Å². The van der Waals surface area contributed by atoms with Crippen molar-refractivity contribution in [2.45, 2.75) is 6.61 Å². The SMILES string of the molecule is Cn1nc(C(=O)NCCN2CCOCC2)cc1C#Cc1ccccc1CO. The number of ether oxygens (including phenoxy) is 1. The van der Waals surface area contributed by atoms with Crippen LogP contribution in [0.4, 0.5) is 0 Å². The summed E-state index contributed by atoms with van der Waals surface area (Å²) < 4.78 is 6.90. The predicted molar refractivity (Wildman–Crippen MR) is 101 cm³/mol. The van der Waals surface area contributed by atoms with Gasteiger partial charge in [-0.25, -0.2) is 0 Å². The zero-order valence-electron chi connectivity index (χ0n) is 15.4. The first-order chi connectivity index (χ1) is 13.2. The van der Waals surface area contributed by atoms with Crippen molar-refractivity contribution in [2.24, 2.45) is 7.05 Å². The minimum atomic E-state index is -0.206. The third kappa shape index (κ3) is 5.17. The number of morpholine rings is 1. The number of amides is 1.